The van der Waals surface area contributed by atoms with Gasteiger partial charge in [-0.1, -0.05) is 56.0 Å². The number of halogens is 2. The Hall–Kier alpha value is -6.18. The minimum Gasteiger partial charge on any atom is -0.450 e. The van der Waals surface area contributed by atoms with Crippen molar-refractivity contribution in [3.63, 3.8) is 0 Å². The van der Waals surface area contributed by atoms with Crippen LogP contribution in [0.3, 0.4) is 0 Å². The summed E-state index contributed by atoms with van der Waals surface area (Å²) in [5.74, 6) is -0.357. The maximum Gasteiger partial charge on any atom is 0.695 e. The number of benzene rings is 2. The summed E-state index contributed by atoms with van der Waals surface area (Å²) in [6.45, 7) is 8.18. The van der Waals surface area contributed by atoms with Crippen molar-refractivity contribution in [2.75, 3.05) is 56.3 Å². The first-order chi connectivity index (χ1) is 38.5. The molecule has 2 aromatic carbocycles. The second kappa shape index (κ2) is 25.7. The number of nitrogens with one attached hydrogen (secondary N) is 2. The quantitative estimate of drug-likeness (QED) is 0.0214. The molecule has 2 fully saturated rings. The van der Waals surface area contributed by atoms with E-state index in [0.717, 1.165) is 6.04 Å². The molecule has 3 aliphatic heterocycles. The lowest BCUT2D eigenvalue weighted by atomic mass is 10.1. The first kappa shape index (κ1) is 58.5. The highest BCUT2D eigenvalue weighted by molar-refractivity contribution is 8.07. The minimum atomic E-state index is -4.33. The van der Waals surface area contributed by atoms with E-state index in [1.807, 2.05) is 0 Å². The molecule has 3 amide bonds. The number of rotatable bonds is 23. The number of hydrogen-bond acceptors (Lipinski definition) is 18. The van der Waals surface area contributed by atoms with Gasteiger partial charge in [0.1, 0.15) is 48.5 Å². The zero-order valence-corrected chi connectivity index (χ0v) is 47.2. The number of carbonyl (C=O) groups is 3. The highest BCUT2D eigenvalue weighted by Crippen LogP contribution is 2.55. The first-order valence-electron chi connectivity index (χ1n) is 25.6. The fourth-order valence-corrected chi connectivity index (χ4v) is 12.6. The monoisotopic (exact) mass is 1180 g/mol. The lowest BCUT2D eigenvalue weighted by molar-refractivity contribution is -0.0558. The van der Waals surface area contributed by atoms with Crippen LogP contribution < -0.4 is 15.5 Å². The van der Waals surface area contributed by atoms with Crippen molar-refractivity contribution in [1.29, 1.82) is 0 Å². The van der Waals surface area contributed by atoms with E-state index in [1.54, 1.807) is 66.9 Å². The van der Waals surface area contributed by atoms with Gasteiger partial charge in [-0.3, -0.25) is 23.6 Å². The highest BCUT2D eigenvalue weighted by Gasteiger charge is 2.54. The van der Waals surface area contributed by atoms with Gasteiger partial charge in [0.25, 0.3) is 11.8 Å². The van der Waals surface area contributed by atoms with Crippen LogP contribution in [0, 0.1) is 6.57 Å². The highest BCUT2D eigenvalue weighted by atomic mass is 32.5. The van der Waals surface area contributed by atoms with Crippen LogP contribution in [-0.4, -0.2) is 153 Å². The summed E-state index contributed by atoms with van der Waals surface area (Å²) in [6, 6.07) is 17.8. The van der Waals surface area contributed by atoms with Gasteiger partial charge in [-0.2, -0.15) is 0 Å². The largest absolute Gasteiger partial charge is 0.695 e. The van der Waals surface area contributed by atoms with Gasteiger partial charge in [0.15, 0.2) is 47.9 Å². The molecule has 2 unspecified atom stereocenters. The average Bonchev–Trinajstić information content (AvgIpc) is 4.16. The minimum absolute atomic E-state index is 0.0129. The number of alkyl halides is 2. The van der Waals surface area contributed by atoms with Crippen LogP contribution in [0.15, 0.2) is 79.5 Å². The Balaban J connectivity index is 0.981. The summed E-state index contributed by atoms with van der Waals surface area (Å²) in [7, 11) is -4.88. The molecule has 9 rings (SSSR count). The number of aliphatic hydroxyl groups is 1. The number of aromatic nitrogens is 7. The zero-order valence-electron chi connectivity index (χ0n) is 43.6. The van der Waals surface area contributed by atoms with E-state index in [9.17, 15) is 28.9 Å². The van der Waals surface area contributed by atoms with Crippen LogP contribution in [0.1, 0.15) is 57.4 Å². The summed E-state index contributed by atoms with van der Waals surface area (Å²) in [5, 5.41) is 16.4. The van der Waals surface area contributed by atoms with Gasteiger partial charge in [-0.15, -0.1) is 9.42 Å². The standard InChI is InChI=1S/C50H57F2N11O13P2SSi/c1-53-20-22-71-78(79,72-27-34-40(75-77(68)69)38(52)48(74-34)62-25-32-17-12-21-61(43-36(32)44(62)56-28-55-43)47(66)31-15-9-6-10-16-31)76-41-37(51)33(26-64)73-49(41)63-29-57-39-42(60-46(65)30-13-7-5-8-14-30)58-35(59-45(39)63)18-11-19-54-50(67)70-23-24-80(2,3)4/h5-10,13-16,25,28-29,33-34,37-38,40-41,48-49,64H,11-12,17-24,26-27H2,2-4H3,(H2-,54,58,59,60,65,67,68,69)/p+1/t33-,34-,37-,38-,40-,41-,48-,49-,78?/m1/s1. The molecule has 24 nitrogen and oxygen atoms in total. The summed E-state index contributed by atoms with van der Waals surface area (Å²) in [5.41, 5.74) is 1.71. The third kappa shape index (κ3) is 13.4. The van der Waals surface area contributed by atoms with Crippen molar-refractivity contribution >= 4 is 86.6 Å². The normalized spacial score (nSPS) is 22.9. The van der Waals surface area contributed by atoms with E-state index < -0.39 is 97.5 Å². The van der Waals surface area contributed by atoms with Crippen LogP contribution in [0.4, 0.5) is 25.2 Å². The van der Waals surface area contributed by atoms with E-state index in [1.165, 1.54) is 26.7 Å². The molecule has 424 valence electrons. The Morgan fingerprint density at radius 2 is 1.68 bits per heavy atom. The second-order valence-electron chi connectivity index (χ2n) is 20.0. The molecule has 7 heterocycles. The lowest BCUT2D eigenvalue weighted by Crippen LogP contribution is -2.34. The molecule has 6 aromatic rings. The van der Waals surface area contributed by atoms with E-state index in [4.69, 9.17) is 55.7 Å². The number of fused-ring (bicyclic) bond motifs is 1. The third-order valence-electron chi connectivity index (χ3n) is 13.3. The fraction of sp³-hybridized carbons (Fsp3) is 0.460. The van der Waals surface area contributed by atoms with Crippen molar-refractivity contribution in [3.8, 4) is 0 Å². The van der Waals surface area contributed by atoms with Crippen LogP contribution in [0.25, 0.3) is 27.0 Å². The Labute approximate surface area is 464 Å². The number of ether oxygens (including phenoxy) is 3. The topological polar surface area (TPSA) is 279 Å². The SMILES string of the molecule is [C-]#[N+]CCOP(=S)(OC[C@H]1O[C@@H](n2cc3c4c(ncnc42)N(C(=O)c2ccccc2)CCC3)[C@H](F)[C@@H]1O[P+](=O)O)O[C@@H]1[C@H](F)[C@@H](CO)O[C@H]1n1cnc2c(NC(=O)c3ccccc3)nc(CCCNC(=O)OCC[Si](C)(C)C)nc21. The number of nitrogens with zero attached hydrogens (tertiary/aromatic N) is 9. The Bertz CT molecular complexity index is 3310. The number of anilines is 2. The maximum atomic E-state index is 16.9. The molecule has 0 aliphatic carbocycles. The molecular weight excluding hydrogens is 1120 g/mol. The van der Waals surface area contributed by atoms with Gasteiger partial charge in [0, 0.05) is 49.5 Å². The van der Waals surface area contributed by atoms with Crippen LogP contribution in [0.5, 0.6) is 0 Å². The lowest BCUT2D eigenvalue weighted by Gasteiger charge is -2.29. The molecule has 80 heavy (non-hydrogen) atoms. The van der Waals surface area contributed by atoms with Crippen LogP contribution >= 0.6 is 15.0 Å². The van der Waals surface area contributed by atoms with E-state index in [2.05, 4.69) is 55.1 Å². The van der Waals surface area contributed by atoms with Crippen LogP contribution in [0.2, 0.25) is 25.7 Å². The van der Waals surface area contributed by atoms with Crippen molar-refractivity contribution < 1.29 is 70.0 Å². The summed E-state index contributed by atoms with van der Waals surface area (Å²) in [6.07, 6.45) is -8.99. The second-order valence-corrected chi connectivity index (χ2v) is 29.3. The first-order valence-corrected chi connectivity index (χ1v) is 33.0. The molecule has 0 spiro atoms. The van der Waals surface area contributed by atoms with Gasteiger partial charge in [0.05, 0.1) is 31.5 Å². The molecule has 10 atom stereocenters. The van der Waals surface area contributed by atoms with Gasteiger partial charge in [-0.05, 0) is 66.9 Å². The molecule has 0 radical (unpaired) electrons. The molecule has 0 saturated carbocycles. The van der Waals surface area contributed by atoms with Crippen molar-refractivity contribution in [2.45, 2.75) is 101 Å². The van der Waals surface area contributed by atoms with Crippen molar-refractivity contribution in [2.24, 2.45) is 0 Å². The van der Waals surface area contributed by atoms with E-state index >= 15 is 8.78 Å². The molecular formula is C50H58F2N11O13P2SSi+. The molecule has 30 heteroatoms. The third-order valence-corrected chi connectivity index (χ3v) is 17.7. The number of hydrogen-bond donors (Lipinski definition) is 4. The number of carbonyl (C=O) groups excluding carboxylic acids is 3. The van der Waals surface area contributed by atoms with Gasteiger partial charge in [-0.25, -0.2) is 45.1 Å². The fourth-order valence-electron chi connectivity index (χ4n) is 9.32. The van der Waals surface area contributed by atoms with Gasteiger partial charge in [0.2, 0.25) is 6.54 Å². The number of aryl methyl sites for hydroxylation is 2. The molecule has 3 aliphatic rings. The molecule has 0 bridgehead atoms. The van der Waals surface area contributed by atoms with Crippen molar-refractivity contribution in [1.82, 2.24) is 39.4 Å². The maximum absolute atomic E-state index is 16.9. The predicted octanol–water partition coefficient (Wildman–Crippen LogP) is 7.17. The van der Waals surface area contributed by atoms with Crippen LogP contribution in [-0.2, 0) is 61.5 Å². The Kier molecular flexibility index (Phi) is 18.8. The predicted molar refractivity (Wildman–Crippen MR) is 291 cm³/mol. The number of aliphatic hydroxyl groups excluding tert-OH is 1. The smallest absolute Gasteiger partial charge is 0.450 e. The number of amides is 3. The number of imidazole rings is 1. The molecule has 2 saturated heterocycles. The average molecular weight is 1180 g/mol. The Morgan fingerprint density at radius 3 is 2.39 bits per heavy atom. The summed E-state index contributed by atoms with van der Waals surface area (Å²) >= 11 is 5.88. The van der Waals surface area contributed by atoms with E-state index in [-0.39, 0.29) is 60.5 Å². The zero-order chi connectivity index (χ0) is 56.7. The summed E-state index contributed by atoms with van der Waals surface area (Å²) < 4.78 is 90.0. The van der Waals surface area contributed by atoms with Crippen molar-refractivity contribution in [3.05, 3.63) is 113 Å². The summed E-state index contributed by atoms with van der Waals surface area (Å²) in [4.78, 5) is 77.4. The number of alkyl carbamates (subject to hydrolysis) is 1. The van der Waals surface area contributed by atoms with Gasteiger partial charge >= 0.3 is 21.1 Å². The van der Waals surface area contributed by atoms with E-state index in [0.29, 0.717) is 60.3 Å². The molecule has 4 aromatic heterocycles. The molecule has 4 N–H and O–H groups in total. The van der Waals surface area contributed by atoms with Gasteiger partial charge < -0.3 is 48.4 Å². The Morgan fingerprint density at radius 1 is 0.938 bits per heavy atom.